The van der Waals surface area contributed by atoms with E-state index in [2.05, 4.69) is 21.6 Å². The molecule has 126 valence electrons. The summed E-state index contributed by atoms with van der Waals surface area (Å²) in [5.41, 5.74) is 2.05. The fourth-order valence-electron chi connectivity index (χ4n) is 3.34. The Bertz CT molecular complexity index is 509. The monoisotopic (exact) mass is 317 g/mol. The molecule has 2 fully saturated rings. The lowest BCUT2D eigenvalue weighted by Gasteiger charge is -2.30. The van der Waals surface area contributed by atoms with Crippen LogP contribution in [0.15, 0.2) is 24.3 Å². The summed E-state index contributed by atoms with van der Waals surface area (Å²) in [6, 6.07) is 8.10. The number of ether oxygens (including phenoxy) is 1. The minimum absolute atomic E-state index is 0.00690. The largest absolute Gasteiger partial charge is 0.377 e. The first-order valence-electron chi connectivity index (χ1n) is 8.79. The maximum atomic E-state index is 12.2. The van der Waals surface area contributed by atoms with Gasteiger partial charge in [-0.3, -0.25) is 4.79 Å². The molecule has 2 heterocycles. The van der Waals surface area contributed by atoms with E-state index in [0.29, 0.717) is 6.54 Å². The highest BCUT2D eigenvalue weighted by atomic mass is 16.5. The van der Waals surface area contributed by atoms with Crippen LogP contribution in [-0.2, 0) is 9.53 Å². The third-order valence-corrected chi connectivity index (χ3v) is 4.56. The first-order valence-corrected chi connectivity index (χ1v) is 8.79. The van der Waals surface area contributed by atoms with Crippen LogP contribution in [0.4, 0.5) is 11.4 Å². The summed E-state index contributed by atoms with van der Waals surface area (Å²) in [7, 11) is 0. The van der Waals surface area contributed by atoms with Crippen LogP contribution in [-0.4, -0.2) is 44.8 Å². The molecule has 1 aromatic rings. The van der Waals surface area contributed by atoms with Crippen LogP contribution < -0.4 is 15.5 Å². The molecule has 0 aromatic heterocycles. The first-order chi connectivity index (χ1) is 11.3. The molecule has 5 heteroatoms. The normalized spacial score (nSPS) is 21.4. The summed E-state index contributed by atoms with van der Waals surface area (Å²) >= 11 is 0. The maximum Gasteiger partial charge on any atom is 0.238 e. The van der Waals surface area contributed by atoms with Crippen LogP contribution in [0.3, 0.4) is 0 Å². The van der Waals surface area contributed by atoms with Gasteiger partial charge in [0.2, 0.25) is 5.91 Å². The van der Waals surface area contributed by atoms with E-state index >= 15 is 0 Å². The molecule has 0 spiro atoms. The lowest BCUT2D eigenvalue weighted by molar-refractivity contribution is -0.115. The minimum atomic E-state index is 0.00690. The molecule has 2 aliphatic rings. The van der Waals surface area contributed by atoms with Crippen molar-refractivity contribution in [2.24, 2.45) is 0 Å². The van der Waals surface area contributed by atoms with Crippen molar-refractivity contribution in [1.82, 2.24) is 5.32 Å². The summed E-state index contributed by atoms with van der Waals surface area (Å²) in [6.07, 6.45) is 6.24. The fraction of sp³-hybridized carbons (Fsp3) is 0.611. The molecule has 3 rings (SSSR count). The van der Waals surface area contributed by atoms with Gasteiger partial charge in [0, 0.05) is 26.2 Å². The summed E-state index contributed by atoms with van der Waals surface area (Å²) in [5.74, 6) is 0.00690. The number of benzene rings is 1. The van der Waals surface area contributed by atoms with E-state index in [1.807, 2.05) is 18.2 Å². The predicted octanol–water partition coefficient (Wildman–Crippen LogP) is 2.38. The number of amides is 1. The van der Waals surface area contributed by atoms with E-state index in [0.717, 1.165) is 50.5 Å². The van der Waals surface area contributed by atoms with Crippen molar-refractivity contribution in [3.8, 4) is 0 Å². The van der Waals surface area contributed by atoms with Crippen molar-refractivity contribution >= 4 is 17.3 Å². The van der Waals surface area contributed by atoms with Gasteiger partial charge in [0.15, 0.2) is 0 Å². The van der Waals surface area contributed by atoms with Crippen LogP contribution in [0.1, 0.15) is 32.1 Å². The Balaban J connectivity index is 1.51. The molecule has 2 aliphatic heterocycles. The molecule has 23 heavy (non-hydrogen) atoms. The van der Waals surface area contributed by atoms with E-state index in [4.69, 9.17) is 4.74 Å². The van der Waals surface area contributed by atoms with Gasteiger partial charge in [-0.05, 0) is 44.2 Å². The predicted molar refractivity (Wildman–Crippen MR) is 93.0 cm³/mol. The summed E-state index contributed by atoms with van der Waals surface area (Å²) in [5, 5.41) is 6.25. The van der Waals surface area contributed by atoms with Crippen LogP contribution in [0.25, 0.3) is 0 Å². The number of carbonyl (C=O) groups is 1. The van der Waals surface area contributed by atoms with Gasteiger partial charge in [-0.2, -0.15) is 0 Å². The van der Waals surface area contributed by atoms with Gasteiger partial charge in [-0.1, -0.05) is 12.1 Å². The van der Waals surface area contributed by atoms with E-state index in [1.54, 1.807) is 0 Å². The number of anilines is 2. The minimum Gasteiger partial charge on any atom is -0.377 e. The molecular formula is C18H27N3O2. The third-order valence-electron chi connectivity index (χ3n) is 4.56. The Labute approximate surface area is 138 Å². The van der Waals surface area contributed by atoms with Gasteiger partial charge in [-0.25, -0.2) is 0 Å². The smallest absolute Gasteiger partial charge is 0.238 e. The highest BCUT2D eigenvalue weighted by molar-refractivity contribution is 5.95. The van der Waals surface area contributed by atoms with Crippen LogP contribution in [0.2, 0.25) is 0 Å². The Morgan fingerprint density at radius 1 is 1.17 bits per heavy atom. The summed E-state index contributed by atoms with van der Waals surface area (Å²) < 4.78 is 5.55. The Morgan fingerprint density at radius 3 is 2.78 bits per heavy atom. The van der Waals surface area contributed by atoms with Crippen LogP contribution >= 0.6 is 0 Å². The topological polar surface area (TPSA) is 53.6 Å². The molecule has 2 saturated heterocycles. The Morgan fingerprint density at radius 2 is 2.00 bits per heavy atom. The number of carbonyl (C=O) groups excluding carboxylic acids is 1. The number of hydrogen-bond acceptors (Lipinski definition) is 4. The van der Waals surface area contributed by atoms with Gasteiger partial charge in [-0.15, -0.1) is 0 Å². The van der Waals surface area contributed by atoms with Crippen molar-refractivity contribution in [2.75, 3.05) is 43.0 Å². The zero-order valence-electron chi connectivity index (χ0n) is 13.7. The van der Waals surface area contributed by atoms with E-state index < -0.39 is 0 Å². The number of rotatable bonds is 6. The molecule has 0 saturated carbocycles. The van der Waals surface area contributed by atoms with Crippen molar-refractivity contribution in [3.05, 3.63) is 24.3 Å². The molecule has 1 amide bonds. The molecule has 5 nitrogen and oxygen atoms in total. The highest BCUT2D eigenvalue weighted by Gasteiger charge is 2.17. The average Bonchev–Trinajstić information content (AvgIpc) is 3.09. The molecule has 1 aromatic carbocycles. The van der Waals surface area contributed by atoms with E-state index in [9.17, 15) is 4.79 Å². The fourth-order valence-corrected chi connectivity index (χ4v) is 3.34. The molecule has 0 unspecified atom stereocenters. The molecule has 0 radical (unpaired) electrons. The SMILES string of the molecule is O=C(CNC[C@H]1CCCO1)Nc1ccccc1N1CCCCC1. The lowest BCUT2D eigenvalue weighted by atomic mass is 10.1. The number of nitrogens with zero attached hydrogens (tertiary/aromatic N) is 1. The standard InChI is InChI=1S/C18H27N3O2/c22-18(14-19-13-15-7-6-12-23-15)20-16-8-2-3-9-17(16)21-10-4-1-5-11-21/h2-3,8-9,15,19H,1,4-7,10-14H2,(H,20,22)/t15-/m1/s1. The van der Waals surface area contributed by atoms with Crippen molar-refractivity contribution in [3.63, 3.8) is 0 Å². The summed E-state index contributed by atoms with van der Waals surface area (Å²) in [4.78, 5) is 14.6. The average molecular weight is 317 g/mol. The molecular weight excluding hydrogens is 290 g/mol. The lowest BCUT2D eigenvalue weighted by Crippen LogP contribution is -2.34. The van der Waals surface area contributed by atoms with Crippen molar-refractivity contribution in [1.29, 1.82) is 0 Å². The Kier molecular flexibility index (Phi) is 5.88. The van der Waals surface area contributed by atoms with Gasteiger partial charge in [0.25, 0.3) is 0 Å². The second kappa shape index (κ2) is 8.31. The second-order valence-corrected chi connectivity index (χ2v) is 6.38. The molecule has 0 bridgehead atoms. The van der Waals surface area contributed by atoms with Gasteiger partial charge >= 0.3 is 0 Å². The van der Waals surface area contributed by atoms with Crippen LogP contribution in [0.5, 0.6) is 0 Å². The number of hydrogen-bond donors (Lipinski definition) is 2. The zero-order valence-corrected chi connectivity index (χ0v) is 13.7. The molecule has 2 N–H and O–H groups in total. The Hall–Kier alpha value is -1.59. The zero-order chi connectivity index (χ0) is 15.9. The third kappa shape index (κ3) is 4.69. The molecule has 0 aliphatic carbocycles. The van der Waals surface area contributed by atoms with E-state index in [-0.39, 0.29) is 12.0 Å². The van der Waals surface area contributed by atoms with Gasteiger partial charge in [0.1, 0.15) is 0 Å². The first kappa shape index (κ1) is 16.3. The second-order valence-electron chi connectivity index (χ2n) is 6.38. The maximum absolute atomic E-state index is 12.2. The highest BCUT2D eigenvalue weighted by Crippen LogP contribution is 2.28. The van der Waals surface area contributed by atoms with Crippen LogP contribution in [0, 0.1) is 0 Å². The summed E-state index contributed by atoms with van der Waals surface area (Å²) in [6.45, 7) is 4.07. The quantitative estimate of drug-likeness (QED) is 0.846. The van der Waals surface area contributed by atoms with Gasteiger partial charge < -0.3 is 20.3 Å². The van der Waals surface area contributed by atoms with E-state index in [1.165, 1.54) is 19.3 Å². The van der Waals surface area contributed by atoms with Crippen molar-refractivity contribution < 1.29 is 9.53 Å². The van der Waals surface area contributed by atoms with Crippen molar-refractivity contribution in [2.45, 2.75) is 38.2 Å². The number of para-hydroxylation sites is 2. The van der Waals surface area contributed by atoms with Gasteiger partial charge in [0.05, 0.1) is 24.0 Å². The number of piperidine rings is 1. The molecule has 1 atom stereocenters. The number of nitrogens with one attached hydrogen (secondary N) is 2.